The van der Waals surface area contributed by atoms with E-state index in [0.29, 0.717) is 25.1 Å². The number of nitrogens with one attached hydrogen (secondary N) is 1. The van der Waals surface area contributed by atoms with E-state index in [-0.39, 0.29) is 18.4 Å². The molecule has 6 nitrogen and oxygen atoms in total. The second-order valence-corrected chi connectivity index (χ2v) is 7.11. The number of carbonyl (C=O) groups is 2. The largest absolute Gasteiger partial charge is 0.493 e. The molecule has 1 saturated heterocycles. The number of hydrogen-bond acceptors (Lipinski definition) is 4. The van der Waals surface area contributed by atoms with Crippen molar-refractivity contribution in [3.8, 4) is 5.75 Å². The van der Waals surface area contributed by atoms with Gasteiger partial charge >= 0.3 is 5.97 Å². The van der Waals surface area contributed by atoms with Gasteiger partial charge in [0.05, 0.1) is 19.3 Å². The van der Waals surface area contributed by atoms with Crippen molar-refractivity contribution in [1.29, 1.82) is 0 Å². The summed E-state index contributed by atoms with van der Waals surface area (Å²) in [5, 5.41) is 11.6. The van der Waals surface area contributed by atoms with Crippen LogP contribution in [0.15, 0.2) is 48.5 Å². The normalized spacial score (nSPS) is 15.4. The Bertz CT molecular complexity index is 814. The number of hydrogen-bond donors (Lipinski definition) is 2. The maximum Gasteiger partial charge on any atom is 0.303 e. The number of para-hydroxylation sites is 1. The monoisotopic (exact) mass is 397 g/mol. The van der Waals surface area contributed by atoms with Gasteiger partial charge in [-0.05, 0) is 43.0 Å². The average molecular weight is 397 g/mol. The zero-order chi connectivity index (χ0) is 20.5. The molecular formula is C23H27NO5. The van der Waals surface area contributed by atoms with Crippen LogP contribution in [0.3, 0.4) is 0 Å². The van der Waals surface area contributed by atoms with Crippen molar-refractivity contribution in [2.45, 2.75) is 44.8 Å². The summed E-state index contributed by atoms with van der Waals surface area (Å²) in [6.07, 6.45) is 3.65. The van der Waals surface area contributed by atoms with Gasteiger partial charge < -0.3 is 19.9 Å². The van der Waals surface area contributed by atoms with Gasteiger partial charge in [-0.1, -0.05) is 30.3 Å². The Morgan fingerprint density at radius 2 is 1.83 bits per heavy atom. The lowest BCUT2D eigenvalue weighted by Gasteiger charge is -2.26. The first-order valence-corrected chi connectivity index (χ1v) is 10.1. The first-order valence-electron chi connectivity index (χ1n) is 10.1. The summed E-state index contributed by atoms with van der Waals surface area (Å²) < 4.78 is 11.3. The highest BCUT2D eigenvalue weighted by molar-refractivity contribution is 5.94. The summed E-state index contributed by atoms with van der Waals surface area (Å²) in [6, 6.07) is 15.2. The molecule has 1 aliphatic heterocycles. The molecule has 1 heterocycles. The fraction of sp³-hybridized carbons (Fsp3) is 0.391. The van der Waals surface area contributed by atoms with E-state index >= 15 is 0 Å². The van der Waals surface area contributed by atoms with Crippen LogP contribution in [0.2, 0.25) is 0 Å². The maximum atomic E-state index is 12.5. The summed E-state index contributed by atoms with van der Waals surface area (Å²) >= 11 is 0. The van der Waals surface area contributed by atoms with Gasteiger partial charge in [0.15, 0.2) is 0 Å². The van der Waals surface area contributed by atoms with Crippen molar-refractivity contribution < 1.29 is 24.2 Å². The van der Waals surface area contributed by atoms with Gasteiger partial charge in [-0.25, -0.2) is 0 Å². The van der Waals surface area contributed by atoms with Crippen LogP contribution in [0.25, 0.3) is 0 Å². The van der Waals surface area contributed by atoms with Crippen molar-refractivity contribution >= 4 is 11.9 Å². The third-order valence-corrected chi connectivity index (χ3v) is 4.95. The fourth-order valence-electron chi connectivity index (χ4n) is 3.15. The number of aliphatic carboxylic acids is 1. The van der Waals surface area contributed by atoms with Crippen LogP contribution in [-0.2, 0) is 16.1 Å². The topological polar surface area (TPSA) is 84.9 Å². The summed E-state index contributed by atoms with van der Waals surface area (Å²) in [4.78, 5) is 23.0. The number of rotatable bonds is 11. The number of carbonyl (C=O) groups excluding carboxylic acids is 1. The lowest BCUT2D eigenvalue weighted by Crippen LogP contribution is -2.23. The Hall–Kier alpha value is -2.86. The van der Waals surface area contributed by atoms with Crippen molar-refractivity contribution in [2.75, 3.05) is 13.2 Å². The van der Waals surface area contributed by atoms with Gasteiger partial charge in [-0.2, -0.15) is 0 Å². The Kier molecular flexibility index (Phi) is 7.64. The van der Waals surface area contributed by atoms with E-state index in [4.69, 9.17) is 14.6 Å². The average Bonchev–Trinajstić information content (AvgIpc) is 2.68. The quantitative estimate of drug-likeness (QED) is 0.558. The highest BCUT2D eigenvalue weighted by Crippen LogP contribution is 2.29. The minimum atomic E-state index is -0.766. The number of benzene rings is 2. The maximum absolute atomic E-state index is 12.5. The standard InChI is InChI=1S/C23H27NO5/c25-22(26)8-2-1-5-14-28-20-7-4-3-6-19(20)16-24-23(27)18-11-9-17(10-12-18)21-13-15-29-21/h3-4,6-7,9-12,21H,1-2,5,8,13-16H2,(H,24,27)(H,25,26). The smallest absolute Gasteiger partial charge is 0.303 e. The summed E-state index contributed by atoms with van der Waals surface area (Å²) in [5.41, 5.74) is 2.63. The molecule has 2 aromatic carbocycles. The number of carboxylic acids is 1. The molecule has 1 atom stereocenters. The molecular weight excluding hydrogens is 370 g/mol. The molecule has 0 spiro atoms. The first kappa shape index (κ1) is 20.9. The lowest BCUT2D eigenvalue weighted by atomic mass is 10.0. The molecule has 0 aliphatic carbocycles. The van der Waals surface area contributed by atoms with Crippen LogP contribution in [0.5, 0.6) is 5.75 Å². The molecule has 0 radical (unpaired) electrons. The minimum Gasteiger partial charge on any atom is -0.493 e. The molecule has 1 aliphatic rings. The van der Waals surface area contributed by atoms with E-state index in [1.807, 2.05) is 48.5 Å². The van der Waals surface area contributed by atoms with Crippen molar-refractivity contribution in [2.24, 2.45) is 0 Å². The lowest BCUT2D eigenvalue weighted by molar-refractivity contribution is -0.137. The van der Waals surface area contributed by atoms with Crippen LogP contribution >= 0.6 is 0 Å². The third-order valence-electron chi connectivity index (χ3n) is 4.95. The Labute approximate surface area is 170 Å². The first-order chi connectivity index (χ1) is 14.1. The van der Waals surface area contributed by atoms with Gasteiger partial charge in [0.25, 0.3) is 5.91 Å². The molecule has 154 valence electrons. The summed E-state index contributed by atoms with van der Waals surface area (Å²) in [5.74, 6) is -0.156. The molecule has 6 heteroatoms. The predicted octanol–water partition coefficient (Wildman–Crippen LogP) is 4.10. The molecule has 2 aromatic rings. The highest BCUT2D eigenvalue weighted by Gasteiger charge is 2.20. The van der Waals surface area contributed by atoms with Crippen LogP contribution in [0.4, 0.5) is 0 Å². The Morgan fingerprint density at radius 3 is 2.52 bits per heavy atom. The number of unbranched alkanes of at least 4 members (excludes halogenated alkanes) is 2. The van der Waals surface area contributed by atoms with Crippen LogP contribution in [0, 0.1) is 0 Å². The number of carboxylic acid groups (broad SMARTS) is 1. The molecule has 29 heavy (non-hydrogen) atoms. The van der Waals surface area contributed by atoms with E-state index in [0.717, 1.165) is 42.7 Å². The van der Waals surface area contributed by atoms with Crippen molar-refractivity contribution in [1.82, 2.24) is 5.32 Å². The molecule has 1 fully saturated rings. The van der Waals surface area contributed by atoms with Crippen molar-refractivity contribution in [3.05, 3.63) is 65.2 Å². The van der Waals surface area contributed by atoms with Crippen LogP contribution in [-0.4, -0.2) is 30.2 Å². The molecule has 1 amide bonds. The molecule has 1 unspecified atom stereocenters. The van der Waals surface area contributed by atoms with Crippen LogP contribution < -0.4 is 10.1 Å². The molecule has 0 saturated carbocycles. The zero-order valence-electron chi connectivity index (χ0n) is 16.4. The molecule has 3 rings (SSSR count). The fourth-order valence-corrected chi connectivity index (χ4v) is 3.15. The van der Waals surface area contributed by atoms with E-state index in [1.165, 1.54) is 0 Å². The minimum absolute atomic E-state index is 0.130. The molecule has 2 N–H and O–H groups in total. The van der Waals surface area contributed by atoms with E-state index in [9.17, 15) is 9.59 Å². The SMILES string of the molecule is O=C(O)CCCCCOc1ccccc1CNC(=O)c1ccc(C2CCO2)cc1. The molecule has 0 bridgehead atoms. The highest BCUT2D eigenvalue weighted by atomic mass is 16.5. The van der Waals surface area contributed by atoms with Crippen molar-refractivity contribution in [3.63, 3.8) is 0 Å². The van der Waals surface area contributed by atoms with Gasteiger partial charge in [-0.3, -0.25) is 9.59 Å². The zero-order valence-corrected chi connectivity index (χ0v) is 16.4. The van der Waals surface area contributed by atoms with E-state index in [1.54, 1.807) is 0 Å². The van der Waals surface area contributed by atoms with E-state index < -0.39 is 5.97 Å². The second-order valence-electron chi connectivity index (χ2n) is 7.11. The van der Waals surface area contributed by atoms with Gasteiger partial charge in [0, 0.05) is 30.5 Å². The Morgan fingerprint density at radius 1 is 1.07 bits per heavy atom. The molecule has 0 aromatic heterocycles. The number of amides is 1. The predicted molar refractivity (Wildman–Crippen MR) is 109 cm³/mol. The van der Waals surface area contributed by atoms with Gasteiger partial charge in [0.2, 0.25) is 0 Å². The van der Waals surface area contributed by atoms with Crippen LogP contribution in [0.1, 0.15) is 59.7 Å². The Balaban J connectivity index is 1.46. The van der Waals surface area contributed by atoms with E-state index in [2.05, 4.69) is 5.32 Å². The summed E-state index contributed by atoms with van der Waals surface area (Å²) in [6.45, 7) is 1.70. The number of ether oxygens (including phenoxy) is 2. The summed E-state index contributed by atoms with van der Waals surface area (Å²) in [7, 11) is 0. The second kappa shape index (κ2) is 10.6. The van der Waals surface area contributed by atoms with Gasteiger partial charge in [0.1, 0.15) is 5.75 Å². The third kappa shape index (κ3) is 6.32. The van der Waals surface area contributed by atoms with Gasteiger partial charge in [-0.15, -0.1) is 0 Å².